The van der Waals surface area contributed by atoms with Crippen LogP contribution >= 0.6 is 27.5 Å². The van der Waals surface area contributed by atoms with Crippen molar-refractivity contribution in [1.82, 2.24) is 4.98 Å². The lowest BCUT2D eigenvalue weighted by molar-refractivity contribution is 0.0662. The number of rotatable bonds is 2. The molecule has 0 unspecified atom stereocenters. The first kappa shape index (κ1) is 12.1. The monoisotopic (exact) mass is 315 g/mol. The lowest BCUT2D eigenvalue weighted by Gasteiger charge is -1.99. The third kappa shape index (κ3) is 2.35. The first-order valence-corrected chi connectivity index (χ1v) is 5.82. The quantitative estimate of drug-likeness (QED) is 0.916. The summed E-state index contributed by atoms with van der Waals surface area (Å²) in [5, 5.41) is 9.40. The number of halogens is 2. The number of hydrogen-bond donors (Lipinski definition) is 1. The van der Waals surface area contributed by atoms with Crippen LogP contribution in [0.25, 0.3) is 11.5 Å². The molecule has 0 aliphatic rings. The number of aromatic nitrogens is 1. The van der Waals surface area contributed by atoms with Gasteiger partial charge in [-0.05, 0) is 41.1 Å². The van der Waals surface area contributed by atoms with Gasteiger partial charge in [0.25, 0.3) is 0 Å². The number of carboxylic acid groups (broad SMARTS) is 1. The molecule has 0 atom stereocenters. The van der Waals surface area contributed by atoms with Crippen LogP contribution in [0.5, 0.6) is 0 Å². The maximum Gasteiger partial charge on any atom is 0.373 e. The van der Waals surface area contributed by atoms with Crippen LogP contribution in [0.2, 0.25) is 5.02 Å². The number of aryl methyl sites for hydroxylation is 1. The molecule has 1 heterocycles. The summed E-state index contributed by atoms with van der Waals surface area (Å²) in [6.07, 6.45) is 0. The number of hydrogen-bond acceptors (Lipinski definition) is 3. The van der Waals surface area contributed by atoms with Crippen molar-refractivity contribution in [1.29, 1.82) is 0 Å². The maximum atomic E-state index is 10.8. The van der Waals surface area contributed by atoms with Crippen molar-refractivity contribution >= 4 is 33.5 Å². The molecule has 1 N–H and O–H groups in total. The molecule has 0 saturated carbocycles. The third-order valence-electron chi connectivity index (χ3n) is 2.15. The molecular formula is C11H7BrClNO3. The molecule has 1 aromatic heterocycles. The molecule has 88 valence electrons. The number of benzene rings is 1. The van der Waals surface area contributed by atoms with E-state index in [0.29, 0.717) is 16.3 Å². The summed E-state index contributed by atoms with van der Waals surface area (Å²) in [4.78, 5) is 14.9. The minimum atomic E-state index is -1.14. The number of nitrogens with zero attached hydrogens (tertiary/aromatic N) is 1. The van der Waals surface area contributed by atoms with Gasteiger partial charge >= 0.3 is 5.97 Å². The predicted molar refractivity (Wildman–Crippen MR) is 66.3 cm³/mol. The fourth-order valence-electron chi connectivity index (χ4n) is 1.37. The summed E-state index contributed by atoms with van der Waals surface area (Å²) < 4.78 is 5.93. The molecule has 0 bridgehead atoms. The molecule has 0 aliphatic carbocycles. The van der Waals surface area contributed by atoms with E-state index in [-0.39, 0.29) is 11.7 Å². The molecule has 2 aromatic rings. The van der Waals surface area contributed by atoms with Gasteiger partial charge in [-0.1, -0.05) is 11.6 Å². The molecule has 6 heteroatoms. The van der Waals surface area contributed by atoms with Crippen molar-refractivity contribution in [3.05, 3.63) is 39.1 Å². The van der Waals surface area contributed by atoms with Crippen molar-refractivity contribution in [2.75, 3.05) is 0 Å². The molecule has 2 rings (SSSR count). The van der Waals surface area contributed by atoms with Gasteiger partial charge in [-0.2, -0.15) is 0 Å². The first-order chi connectivity index (χ1) is 7.99. The average molecular weight is 317 g/mol. The zero-order valence-electron chi connectivity index (χ0n) is 8.70. The normalized spacial score (nSPS) is 10.5. The Balaban J connectivity index is 2.57. The Labute approximate surface area is 110 Å². The second-order valence-electron chi connectivity index (χ2n) is 3.36. The van der Waals surface area contributed by atoms with E-state index in [1.165, 1.54) is 0 Å². The van der Waals surface area contributed by atoms with Crippen molar-refractivity contribution in [3.8, 4) is 11.5 Å². The van der Waals surface area contributed by atoms with E-state index in [0.717, 1.165) is 4.47 Å². The van der Waals surface area contributed by atoms with Crippen LogP contribution in [0.3, 0.4) is 0 Å². The summed E-state index contributed by atoms with van der Waals surface area (Å²) in [7, 11) is 0. The number of oxazole rings is 1. The van der Waals surface area contributed by atoms with Gasteiger partial charge in [0.05, 0.1) is 11.3 Å². The van der Waals surface area contributed by atoms with Gasteiger partial charge in [0.1, 0.15) is 0 Å². The van der Waals surface area contributed by atoms with Gasteiger partial charge in [-0.3, -0.25) is 0 Å². The standard InChI is InChI=1S/C11H7BrClNO3/c1-5-9(11(15)16)17-10(14-5)7-4-6(13)2-3-8(7)12/h2-4H,1H3,(H,15,16). The fourth-order valence-corrected chi connectivity index (χ4v) is 1.96. The Bertz CT molecular complexity index is 594. The zero-order chi connectivity index (χ0) is 12.6. The molecule has 0 radical (unpaired) electrons. The zero-order valence-corrected chi connectivity index (χ0v) is 11.0. The lowest BCUT2D eigenvalue weighted by Crippen LogP contribution is -1.95. The summed E-state index contributed by atoms with van der Waals surface area (Å²) >= 11 is 9.20. The van der Waals surface area contributed by atoms with Gasteiger partial charge in [-0.15, -0.1) is 0 Å². The molecular weight excluding hydrogens is 309 g/mol. The van der Waals surface area contributed by atoms with Crippen molar-refractivity contribution in [2.24, 2.45) is 0 Å². The molecule has 0 amide bonds. The summed E-state index contributed by atoms with van der Waals surface area (Å²) in [6, 6.07) is 5.11. The molecule has 0 spiro atoms. The summed E-state index contributed by atoms with van der Waals surface area (Å²) in [5.41, 5.74) is 0.951. The number of aromatic carboxylic acids is 1. The Hall–Kier alpha value is -1.33. The minimum absolute atomic E-state index is 0.160. The first-order valence-electron chi connectivity index (χ1n) is 4.65. The second kappa shape index (κ2) is 4.50. The summed E-state index contributed by atoms with van der Waals surface area (Å²) in [6.45, 7) is 1.58. The molecule has 4 nitrogen and oxygen atoms in total. The van der Waals surface area contributed by atoms with Crippen LogP contribution in [-0.2, 0) is 0 Å². The maximum absolute atomic E-state index is 10.8. The van der Waals surface area contributed by atoms with Crippen LogP contribution in [0, 0.1) is 6.92 Å². The van der Waals surface area contributed by atoms with Crippen molar-refractivity contribution in [2.45, 2.75) is 6.92 Å². The van der Waals surface area contributed by atoms with E-state index in [1.807, 2.05) is 0 Å². The van der Waals surface area contributed by atoms with E-state index >= 15 is 0 Å². The van der Waals surface area contributed by atoms with Crippen LogP contribution in [0.15, 0.2) is 27.1 Å². The topological polar surface area (TPSA) is 63.3 Å². The Morgan fingerprint density at radius 2 is 2.24 bits per heavy atom. The number of carbonyl (C=O) groups is 1. The average Bonchev–Trinajstić information content (AvgIpc) is 2.64. The van der Waals surface area contributed by atoms with Gasteiger partial charge in [0, 0.05) is 9.50 Å². The van der Waals surface area contributed by atoms with Gasteiger partial charge in [0.15, 0.2) is 0 Å². The van der Waals surface area contributed by atoms with Crippen LogP contribution in [-0.4, -0.2) is 16.1 Å². The Kier molecular flexibility index (Phi) is 3.22. The molecule has 0 saturated heterocycles. The van der Waals surface area contributed by atoms with E-state index in [9.17, 15) is 4.79 Å². The van der Waals surface area contributed by atoms with E-state index in [4.69, 9.17) is 21.1 Å². The smallest absolute Gasteiger partial charge is 0.373 e. The third-order valence-corrected chi connectivity index (χ3v) is 3.08. The van der Waals surface area contributed by atoms with Gasteiger partial charge in [-0.25, -0.2) is 9.78 Å². The van der Waals surface area contributed by atoms with E-state index < -0.39 is 5.97 Å². The van der Waals surface area contributed by atoms with Gasteiger partial charge < -0.3 is 9.52 Å². The SMILES string of the molecule is Cc1nc(-c2cc(Cl)ccc2Br)oc1C(=O)O. The van der Waals surface area contributed by atoms with Crippen molar-refractivity contribution in [3.63, 3.8) is 0 Å². The Morgan fingerprint density at radius 3 is 2.82 bits per heavy atom. The van der Waals surface area contributed by atoms with Gasteiger partial charge in [0.2, 0.25) is 11.7 Å². The van der Waals surface area contributed by atoms with E-state index in [1.54, 1.807) is 25.1 Å². The predicted octanol–water partition coefficient (Wildman–Crippen LogP) is 3.76. The van der Waals surface area contributed by atoms with Crippen LogP contribution in [0.4, 0.5) is 0 Å². The lowest BCUT2D eigenvalue weighted by atomic mass is 10.2. The highest BCUT2D eigenvalue weighted by Gasteiger charge is 2.18. The summed E-state index contributed by atoms with van der Waals surface area (Å²) in [5.74, 6) is -1.07. The van der Waals surface area contributed by atoms with Crippen molar-refractivity contribution < 1.29 is 14.3 Å². The highest BCUT2D eigenvalue weighted by Crippen LogP contribution is 2.31. The van der Waals surface area contributed by atoms with E-state index in [2.05, 4.69) is 20.9 Å². The molecule has 1 aromatic carbocycles. The minimum Gasteiger partial charge on any atom is -0.475 e. The highest BCUT2D eigenvalue weighted by atomic mass is 79.9. The molecule has 0 aliphatic heterocycles. The van der Waals surface area contributed by atoms with Crippen LogP contribution < -0.4 is 0 Å². The molecule has 0 fully saturated rings. The highest BCUT2D eigenvalue weighted by molar-refractivity contribution is 9.10. The van der Waals surface area contributed by atoms with Crippen LogP contribution in [0.1, 0.15) is 16.2 Å². The Morgan fingerprint density at radius 1 is 1.53 bits per heavy atom. The largest absolute Gasteiger partial charge is 0.475 e. The fraction of sp³-hybridized carbons (Fsp3) is 0.0909. The number of carboxylic acids is 1. The molecule has 17 heavy (non-hydrogen) atoms. The second-order valence-corrected chi connectivity index (χ2v) is 4.65.